The Morgan fingerprint density at radius 3 is 2.74 bits per heavy atom. The van der Waals surface area contributed by atoms with Gasteiger partial charge in [-0.2, -0.15) is 11.8 Å². The molecule has 1 saturated heterocycles. The fraction of sp³-hybridized carbons (Fsp3) is 0.385. The van der Waals surface area contributed by atoms with Crippen LogP contribution >= 0.6 is 34.4 Å². The molecule has 0 aliphatic carbocycles. The second kappa shape index (κ2) is 5.70. The molecule has 1 aliphatic rings. The van der Waals surface area contributed by atoms with E-state index in [-0.39, 0.29) is 5.91 Å². The maximum absolute atomic E-state index is 12.2. The number of amides is 1. The van der Waals surface area contributed by atoms with Crippen molar-refractivity contribution in [2.45, 2.75) is 18.9 Å². The molecule has 2 N–H and O–H groups in total. The first kappa shape index (κ1) is 14.6. The van der Waals surface area contributed by atoms with E-state index >= 15 is 0 Å². The SMILES string of the molecule is Cc1ccc(C(=O)NC2(C(=O)O)CCSC2)cc1I. The molecule has 1 aromatic rings. The third-order valence-corrected chi connectivity index (χ3v) is 5.57. The summed E-state index contributed by atoms with van der Waals surface area (Å²) in [6, 6.07) is 5.38. The van der Waals surface area contributed by atoms with Crippen LogP contribution < -0.4 is 5.32 Å². The van der Waals surface area contributed by atoms with E-state index in [0.717, 1.165) is 14.9 Å². The Morgan fingerprint density at radius 1 is 1.47 bits per heavy atom. The largest absolute Gasteiger partial charge is 0.479 e. The second-order valence-electron chi connectivity index (χ2n) is 4.61. The van der Waals surface area contributed by atoms with Crippen LogP contribution in [0, 0.1) is 10.5 Å². The first-order valence-electron chi connectivity index (χ1n) is 5.84. The number of carbonyl (C=O) groups excluding carboxylic acids is 1. The minimum absolute atomic E-state index is 0.317. The lowest BCUT2D eigenvalue weighted by Crippen LogP contribution is -2.54. The predicted molar refractivity (Wildman–Crippen MR) is 83.7 cm³/mol. The van der Waals surface area contributed by atoms with Crippen LogP contribution in [0.25, 0.3) is 0 Å². The molecule has 1 aliphatic heterocycles. The van der Waals surface area contributed by atoms with Gasteiger partial charge in [-0.25, -0.2) is 4.79 Å². The number of nitrogens with one attached hydrogen (secondary N) is 1. The van der Waals surface area contributed by atoms with E-state index in [1.54, 1.807) is 23.9 Å². The molecule has 1 atom stereocenters. The number of thioether (sulfide) groups is 1. The summed E-state index contributed by atoms with van der Waals surface area (Å²) in [5, 5.41) is 12.0. The number of rotatable bonds is 3. The van der Waals surface area contributed by atoms with Crippen molar-refractivity contribution in [2.24, 2.45) is 0 Å². The summed E-state index contributed by atoms with van der Waals surface area (Å²) in [6.45, 7) is 1.97. The second-order valence-corrected chi connectivity index (χ2v) is 6.88. The van der Waals surface area contributed by atoms with Crippen LogP contribution in [-0.4, -0.2) is 34.0 Å². The van der Waals surface area contributed by atoms with E-state index in [1.807, 2.05) is 13.0 Å². The number of halogens is 1. The van der Waals surface area contributed by atoms with Crippen molar-refractivity contribution in [3.8, 4) is 0 Å². The maximum Gasteiger partial charge on any atom is 0.330 e. The van der Waals surface area contributed by atoms with Gasteiger partial charge in [-0.05, 0) is 59.4 Å². The molecule has 2 rings (SSSR count). The van der Waals surface area contributed by atoms with Gasteiger partial charge in [0.2, 0.25) is 0 Å². The number of aryl methyl sites for hydroxylation is 1. The van der Waals surface area contributed by atoms with Crippen LogP contribution in [-0.2, 0) is 4.79 Å². The molecule has 102 valence electrons. The fourth-order valence-electron chi connectivity index (χ4n) is 1.91. The summed E-state index contributed by atoms with van der Waals surface area (Å²) < 4.78 is 0.996. The molecule has 0 bridgehead atoms. The number of aliphatic carboxylic acids is 1. The summed E-state index contributed by atoms with van der Waals surface area (Å²) in [6.07, 6.45) is 0.474. The standard InChI is InChI=1S/C13H14INO3S/c1-8-2-3-9(6-10(8)14)11(16)15-13(12(17)18)4-5-19-7-13/h2-3,6H,4-5,7H2,1H3,(H,15,16)(H,17,18). The Balaban J connectivity index is 2.20. The van der Waals surface area contributed by atoms with Crippen LogP contribution in [0.2, 0.25) is 0 Å². The zero-order valence-corrected chi connectivity index (χ0v) is 13.4. The molecule has 0 spiro atoms. The fourth-order valence-corrected chi connectivity index (χ4v) is 3.75. The van der Waals surface area contributed by atoms with Crippen molar-refractivity contribution in [1.29, 1.82) is 0 Å². The first-order chi connectivity index (χ1) is 8.94. The van der Waals surface area contributed by atoms with Gasteiger partial charge < -0.3 is 10.4 Å². The predicted octanol–water partition coefficient (Wildman–Crippen LogP) is 2.29. The van der Waals surface area contributed by atoms with E-state index in [2.05, 4.69) is 27.9 Å². The molecule has 1 fully saturated rings. The van der Waals surface area contributed by atoms with Crippen LogP contribution in [0.1, 0.15) is 22.3 Å². The van der Waals surface area contributed by atoms with Gasteiger partial charge in [0.15, 0.2) is 0 Å². The molecule has 1 heterocycles. The first-order valence-corrected chi connectivity index (χ1v) is 8.08. The van der Waals surface area contributed by atoms with Crippen LogP contribution in [0.3, 0.4) is 0 Å². The third kappa shape index (κ3) is 3.05. The zero-order chi connectivity index (χ0) is 14.0. The number of carboxylic acids is 1. The average molecular weight is 391 g/mol. The lowest BCUT2D eigenvalue weighted by molar-refractivity contribution is -0.143. The Kier molecular flexibility index (Phi) is 4.39. The van der Waals surface area contributed by atoms with Gasteiger partial charge in [-0.15, -0.1) is 0 Å². The summed E-state index contributed by atoms with van der Waals surface area (Å²) >= 11 is 3.72. The molecule has 1 aromatic carbocycles. The van der Waals surface area contributed by atoms with Crippen LogP contribution in [0.15, 0.2) is 18.2 Å². The Hall–Kier alpha value is -0.760. The monoisotopic (exact) mass is 391 g/mol. The van der Waals surface area contributed by atoms with Gasteiger partial charge in [0, 0.05) is 14.9 Å². The van der Waals surface area contributed by atoms with E-state index in [4.69, 9.17) is 0 Å². The smallest absolute Gasteiger partial charge is 0.330 e. The van der Waals surface area contributed by atoms with Crippen molar-refractivity contribution >= 4 is 46.2 Å². The summed E-state index contributed by atoms with van der Waals surface area (Å²) in [4.78, 5) is 23.6. The molecular weight excluding hydrogens is 377 g/mol. The minimum atomic E-state index is -1.11. The molecule has 0 radical (unpaired) electrons. The van der Waals surface area contributed by atoms with Gasteiger partial charge in [-0.1, -0.05) is 6.07 Å². The molecule has 6 heteroatoms. The third-order valence-electron chi connectivity index (χ3n) is 3.22. The molecule has 1 amide bonds. The molecule has 4 nitrogen and oxygen atoms in total. The Morgan fingerprint density at radius 2 is 2.21 bits per heavy atom. The number of carbonyl (C=O) groups is 2. The van der Waals surface area contributed by atoms with E-state index in [9.17, 15) is 14.7 Å². The molecule has 0 saturated carbocycles. The number of hydrogen-bond acceptors (Lipinski definition) is 3. The summed E-state index contributed by atoms with van der Waals surface area (Å²) in [5.41, 5.74) is 0.493. The Bertz CT molecular complexity index is 527. The van der Waals surface area contributed by atoms with Crippen LogP contribution in [0.4, 0.5) is 0 Å². The molecule has 19 heavy (non-hydrogen) atoms. The quantitative estimate of drug-likeness (QED) is 0.777. The Labute approximate surface area is 129 Å². The summed E-state index contributed by atoms with van der Waals surface area (Å²) in [5.74, 6) is -0.0786. The van der Waals surface area contributed by atoms with Gasteiger partial charge in [-0.3, -0.25) is 4.79 Å². The van der Waals surface area contributed by atoms with Crippen molar-refractivity contribution in [3.63, 3.8) is 0 Å². The lowest BCUT2D eigenvalue weighted by Gasteiger charge is -2.24. The highest BCUT2D eigenvalue weighted by Crippen LogP contribution is 2.28. The number of benzene rings is 1. The van der Waals surface area contributed by atoms with Gasteiger partial charge in [0.1, 0.15) is 5.54 Å². The minimum Gasteiger partial charge on any atom is -0.479 e. The highest BCUT2D eigenvalue weighted by molar-refractivity contribution is 14.1. The van der Waals surface area contributed by atoms with Crippen molar-refractivity contribution in [3.05, 3.63) is 32.9 Å². The highest BCUT2D eigenvalue weighted by Gasteiger charge is 2.43. The summed E-state index contributed by atoms with van der Waals surface area (Å²) in [7, 11) is 0. The average Bonchev–Trinajstić information content (AvgIpc) is 2.82. The topological polar surface area (TPSA) is 66.4 Å². The molecule has 1 unspecified atom stereocenters. The molecular formula is C13H14INO3S. The molecule has 0 aromatic heterocycles. The zero-order valence-electron chi connectivity index (χ0n) is 10.4. The number of hydrogen-bond donors (Lipinski definition) is 2. The normalized spacial score (nSPS) is 22.2. The van der Waals surface area contributed by atoms with Gasteiger partial charge in [0.25, 0.3) is 5.91 Å². The maximum atomic E-state index is 12.2. The van der Waals surface area contributed by atoms with E-state index in [1.165, 1.54) is 0 Å². The lowest BCUT2D eigenvalue weighted by atomic mass is 9.98. The number of carboxylic acid groups (broad SMARTS) is 1. The van der Waals surface area contributed by atoms with Crippen molar-refractivity contribution in [2.75, 3.05) is 11.5 Å². The van der Waals surface area contributed by atoms with Gasteiger partial charge >= 0.3 is 5.97 Å². The highest BCUT2D eigenvalue weighted by atomic mass is 127. The van der Waals surface area contributed by atoms with Crippen molar-refractivity contribution in [1.82, 2.24) is 5.32 Å². The van der Waals surface area contributed by atoms with E-state index in [0.29, 0.717) is 17.7 Å². The van der Waals surface area contributed by atoms with Crippen molar-refractivity contribution < 1.29 is 14.7 Å². The van der Waals surface area contributed by atoms with Crippen LogP contribution in [0.5, 0.6) is 0 Å². The van der Waals surface area contributed by atoms with Gasteiger partial charge in [0.05, 0.1) is 0 Å². The van der Waals surface area contributed by atoms with E-state index < -0.39 is 11.5 Å².